The molecule has 0 unspecified atom stereocenters. The minimum atomic E-state index is -0.598. The summed E-state index contributed by atoms with van der Waals surface area (Å²) in [6, 6.07) is 8.26. The van der Waals surface area contributed by atoms with Gasteiger partial charge in [0.05, 0.1) is 18.2 Å². The van der Waals surface area contributed by atoms with E-state index >= 15 is 0 Å². The van der Waals surface area contributed by atoms with Crippen molar-refractivity contribution in [1.29, 1.82) is 0 Å². The summed E-state index contributed by atoms with van der Waals surface area (Å²) in [5.41, 5.74) is 1.24. The molecular weight excluding hydrogens is 348 g/mol. The Morgan fingerprint density at radius 3 is 2.60 bits per heavy atom. The van der Waals surface area contributed by atoms with Gasteiger partial charge in [-0.3, -0.25) is 4.79 Å². The van der Waals surface area contributed by atoms with Gasteiger partial charge in [-0.25, -0.2) is 8.78 Å². The molecule has 0 N–H and O–H groups in total. The fraction of sp³-hybridized carbons (Fsp3) is 0.211. The Kier molecular flexibility index (Phi) is 5.46. The maximum absolute atomic E-state index is 13.6. The Labute approximate surface area is 149 Å². The SMILES string of the molecule is O=C(/C=C/c1cc(F)ccc1F)c1ccc(N2CCOCC2)cc1Cl. The van der Waals surface area contributed by atoms with E-state index in [1.165, 1.54) is 12.2 Å². The van der Waals surface area contributed by atoms with E-state index in [0.29, 0.717) is 23.8 Å². The standard InChI is InChI=1S/C19H16ClF2NO2/c20-17-12-15(23-7-9-25-10-8-23)3-4-16(17)19(24)6-1-13-11-14(21)2-5-18(13)22/h1-6,11-12H,7-10H2/b6-1+. The van der Waals surface area contributed by atoms with Crippen LogP contribution >= 0.6 is 11.6 Å². The zero-order valence-electron chi connectivity index (χ0n) is 13.3. The average Bonchev–Trinajstić information content (AvgIpc) is 2.63. The van der Waals surface area contributed by atoms with Crippen LogP contribution in [0, 0.1) is 11.6 Å². The monoisotopic (exact) mass is 363 g/mol. The van der Waals surface area contributed by atoms with E-state index in [4.69, 9.17) is 16.3 Å². The Bertz CT molecular complexity index is 817. The summed E-state index contributed by atoms with van der Waals surface area (Å²) >= 11 is 6.24. The van der Waals surface area contributed by atoms with Crippen LogP contribution in [0.1, 0.15) is 15.9 Å². The molecule has 1 saturated heterocycles. The first-order chi connectivity index (χ1) is 12.0. The van der Waals surface area contributed by atoms with Gasteiger partial charge in [-0.1, -0.05) is 11.6 Å². The number of rotatable bonds is 4. The third-order valence-corrected chi connectivity index (χ3v) is 4.28. The van der Waals surface area contributed by atoms with Gasteiger partial charge in [0.1, 0.15) is 11.6 Å². The van der Waals surface area contributed by atoms with Crippen molar-refractivity contribution in [2.45, 2.75) is 0 Å². The molecular formula is C19H16ClF2NO2. The molecule has 0 aliphatic carbocycles. The number of nitrogens with zero attached hydrogens (tertiary/aromatic N) is 1. The number of allylic oxidation sites excluding steroid dienone is 1. The first kappa shape index (κ1) is 17.6. The maximum Gasteiger partial charge on any atom is 0.187 e. The molecule has 0 atom stereocenters. The predicted octanol–water partition coefficient (Wildman–Crippen LogP) is 4.35. The highest BCUT2D eigenvalue weighted by atomic mass is 35.5. The lowest BCUT2D eigenvalue weighted by atomic mass is 10.1. The second kappa shape index (κ2) is 7.76. The molecule has 2 aromatic carbocycles. The van der Waals surface area contributed by atoms with Crippen molar-refractivity contribution in [3.63, 3.8) is 0 Å². The van der Waals surface area contributed by atoms with Crippen LogP contribution in [0.25, 0.3) is 6.08 Å². The van der Waals surface area contributed by atoms with Gasteiger partial charge < -0.3 is 9.64 Å². The highest BCUT2D eigenvalue weighted by Crippen LogP contribution is 2.25. The fourth-order valence-corrected chi connectivity index (χ4v) is 2.89. The van der Waals surface area contributed by atoms with Crippen LogP contribution in [0.15, 0.2) is 42.5 Å². The van der Waals surface area contributed by atoms with Crippen LogP contribution in [0.4, 0.5) is 14.5 Å². The summed E-state index contributed by atoms with van der Waals surface area (Å²) in [6.07, 6.45) is 2.43. The van der Waals surface area contributed by atoms with Crippen LogP contribution in [0.5, 0.6) is 0 Å². The minimum Gasteiger partial charge on any atom is -0.378 e. The largest absolute Gasteiger partial charge is 0.378 e. The van der Waals surface area contributed by atoms with Gasteiger partial charge in [-0.05, 0) is 48.6 Å². The third-order valence-electron chi connectivity index (χ3n) is 3.97. The van der Waals surface area contributed by atoms with Crippen LogP contribution in [0.3, 0.4) is 0 Å². The van der Waals surface area contributed by atoms with Gasteiger partial charge in [0.2, 0.25) is 0 Å². The van der Waals surface area contributed by atoms with E-state index in [1.807, 2.05) is 6.07 Å². The van der Waals surface area contributed by atoms with Crippen LogP contribution in [0.2, 0.25) is 5.02 Å². The van der Waals surface area contributed by atoms with E-state index in [1.54, 1.807) is 12.1 Å². The number of anilines is 1. The summed E-state index contributed by atoms with van der Waals surface area (Å²) in [7, 11) is 0. The topological polar surface area (TPSA) is 29.5 Å². The summed E-state index contributed by atoms with van der Waals surface area (Å²) in [5, 5.41) is 0.318. The van der Waals surface area contributed by atoms with Gasteiger partial charge >= 0.3 is 0 Å². The highest BCUT2D eigenvalue weighted by molar-refractivity contribution is 6.35. The number of ketones is 1. The number of carbonyl (C=O) groups excluding carboxylic acids is 1. The first-order valence-corrected chi connectivity index (χ1v) is 8.22. The number of hydrogen-bond donors (Lipinski definition) is 0. The maximum atomic E-state index is 13.6. The molecule has 3 rings (SSSR count). The Balaban J connectivity index is 1.77. The van der Waals surface area contributed by atoms with E-state index in [0.717, 1.165) is 37.0 Å². The number of benzene rings is 2. The fourth-order valence-electron chi connectivity index (χ4n) is 2.62. The smallest absolute Gasteiger partial charge is 0.187 e. The molecule has 130 valence electrons. The second-order valence-electron chi connectivity index (χ2n) is 5.63. The summed E-state index contributed by atoms with van der Waals surface area (Å²) < 4.78 is 32.1. The van der Waals surface area contributed by atoms with Crippen LogP contribution in [-0.2, 0) is 4.74 Å². The van der Waals surface area contributed by atoms with Crippen molar-refractivity contribution in [1.82, 2.24) is 0 Å². The van der Waals surface area contributed by atoms with Gasteiger partial charge in [0.25, 0.3) is 0 Å². The molecule has 0 bridgehead atoms. The molecule has 6 heteroatoms. The van der Waals surface area contributed by atoms with E-state index < -0.39 is 11.6 Å². The normalized spacial score (nSPS) is 14.9. The quantitative estimate of drug-likeness (QED) is 0.597. The molecule has 0 amide bonds. The number of halogens is 3. The van der Waals surface area contributed by atoms with Crippen LogP contribution in [-0.4, -0.2) is 32.1 Å². The molecule has 1 aliphatic rings. The molecule has 0 aromatic heterocycles. The molecule has 1 aliphatic heterocycles. The second-order valence-corrected chi connectivity index (χ2v) is 6.03. The summed E-state index contributed by atoms with van der Waals surface area (Å²) in [6.45, 7) is 2.84. The van der Waals surface area contributed by atoms with Gasteiger partial charge in [-0.15, -0.1) is 0 Å². The lowest BCUT2D eigenvalue weighted by molar-refractivity contribution is 0.104. The molecule has 0 radical (unpaired) electrons. The van der Waals surface area contributed by atoms with Crippen molar-refractivity contribution in [3.05, 3.63) is 70.3 Å². The average molecular weight is 364 g/mol. The summed E-state index contributed by atoms with van der Waals surface area (Å²) in [5.74, 6) is -1.54. The van der Waals surface area contributed by atoms with Crippen molar-refractivity contribution in [2.24, 2.45) is 0 Å². The number of morpholine rings is 1. The molecule has 1 fully saturated rings. The summed E-state index contributed by atoms with van der Waals surface area (Å²) in [4.78, 5) is 14.4. The predicted molar refractivity (Wildman–Crippen MR) is 94.2 cm³/mol. The molecule has 2 aromatic rings. The van der Waals surface area contributed by atoms with Crippen molar-refractivity contribution in [3.8, 4) is 0 Å². The zero-order valence-corrected chi connectivity index (χ0v) is 14.1. The Hall–Kier alpha value is -2.24. The van der Waals surface area contributed by atoms with E-state index in [-0.39, 0.29) is 11.3 Å². The molecule has 0 saturated carbocycles. The number of hydrogen-bond acceptors (Lipinski definition) is 3. The lowest BCUT2D eigenvalue weighted by Gasteiger charge is -2.29. The van der Waals surface area contributed by atoms with E-state index in [9.17, 15) is 13.6 Å². The van der Waals surface area contributed by atoms with Gasteiger partial charge in [0, 0.05) is 29.9 Å². The molecule has 0 spiro atoms. The van der Waals surface area contributed by atoms with Crippen molar-refractivity contribution in [2.75, 3.05) is 31.2 Å². The zero-order chi connectivity index (χ0) is 17.8. The third kappa shape index (κ3) is 4.24. The first-order valence-electron chi connectivity index (χ1n) is 7.84. The van der Waals surface area contributed by atoms with Gasteiger partial charge in [0.15, 0.2) is 5.78 Å². The lowest BCUT2D eigenvalue weighted by Crippen LogP contribution is -2.36. The van der Waals surface area contributed by atoms with E-state index in [2.05, 4.69) is 4.90 Å². The molecule has 25 heavy (non-hydrogen) atoms. The molecule has 3 nitrogen and oxygen atoms in total. The molecule has 1 heterocycles. The van der Waals surface area contributed by atoms with Crippen molar-refractivity contribution >= 4 is 29.1 Å². The van der Waals surface area contributed by atoms with Crippen LogP contribution < -0.4 is 4.90 Å². The highest BCUT2D eigenvalue weighted by Gasteiger charge is 2.14. The number of ether oxygens (including phenoxy) is 1. The number of carbonyl (C=O) groups is 1. The Morgan fingerprint density at radius 1 is 1.12 bits per heavy atom. The minimum absolute atomic E-state index is 0.00871. The van der Waals surface area contributed by atoms with Gasteiger partial charge in [-0.2, -0.15) is 0 Å². The van der Waals surface area contributed by atoms with Crippen molar-refractivity contribution < 1.29 is 18.3 Å². The Morgan fingerprint density at radius 2 is 1.88 bits per heavy atom.